The van der Waals surface area contributed by atoms with E-state index in [2.05, 4.69) is 26.3 Å². The average Bonchev–Trinajstić information content (AvgIpc) is 3.37. The first-order valence-electron chi connectivity index (χ1n) is 13.3. The summed E-state index contributed by atoms with van der Waals surface area (Å²) < 4.78 is 0. The van der Waals surface area contributed by atoms with E-state index in [1.165, 1.54) is 6.20 Å². The lowest BCUT2D eigenvalue weighted by Gasteiger charge is -2.45. The second kappa shape index (κ2) is 11.6. The van der Waals surface area contributed by atoms with Crippen molar-refractivity contribution in [2.75, 3.05) is 33.9 Å². The zero-order valence-electron chi connectivity index (χ0n) is 23.2. The summed E-state index contributed by atoms with van der Waals surface area (Å²) in [6.45, 7) is 8.80. The normalized spacial score (nSPS) is 16.8. The van der Waals surface area contributed by atoms with Crippen LogP contribution in [0.1, 0.15) is 50.9 Å². The van der Waals surface area contributed by atoms with Gasteiger partial charge in [-0.25, -0.2) is 14.6 Å². The number of hydrogen-bond donors (Lipinski definition) is 5. The van der Waals surface area contributed by atoms with Crippen LogP contribution in [0.15, 0.2) is 66.9 Å². The average molecular weight is 545 g/mol. The van der Waals surface area contributed by atoms with E-state index < -0.39 is 23.0 Å². The van der Waals surface area contributed by atoms with E-state index in [1.807, 2.05) is 75.1 Å². The molecule has 0 aliphatic carbocycles. The predicted molar refractivity (Wildman–Crippen MR) is 157 cm³/mol. The molecule has 1 atom stereocenters. The molecule has 1 saturated heterocycles. The number of nitrogens with zero attached hydrogens (tertiary/aromatic N) is 2. The number of rotatable bonds is 8. The molecule has 210 valence electrons. The molecule has 0 spiro atoms. The highest BCUT2D eigenvalue weighted by Crippen LogP contribution is 2.46. The molecule has 0 bridgehead atoms. The number of carboxylic acids is 1. The van der Waals surface area contributed by atoms with E-state index in [9.17, 15) is 19.5 Å². The fraction of sp³-hybridized carbons (Fsp3) is 0.333. The second-order valence-corrected chi connectivity index (χ2v) is 10.8. The van der Waals surface area contributed by atoms with Crippen molar-refractivity contribution in [2.45, 2.75) is 46.1 Å². The Balaban J connectivity index is 1.57. The molecule has 0 unspecified atom stereocenters. The van der Waals surface area contributed by atoms with Gasteiger partial charge in [0.1, 0.15) is 11.4 Å². The lowest BCUT2D eigenvalue weighted by molar-refractivity contribution is -0.147. The Morgan fingerprint density at radius 2 is 1.70 bits per heavy atom. The van der Waals surface area contributed by atoms with Crippen molar-refractivity contribution in [3.8, 4) is 0 Å². The number of aliphatic carboxylic acids is 1. The molecule has 2 aromatic carbocycles. The summed E-state index contributed by atoms with van der Waals surface area (Å²) in [4.78, 5) is 44.0. The van der Waals surface area contributed by atoms with Gasteiger partial charge in [0.05, 0.1) is 11.3 Å². The number of hydrogen-bond acceptors (Lipinski definition) is 6. The number of nitrogens with one attached hydrogen (secondary N) is 4. The molecule has 3 amide bonds. The number of anilines is 5. The fourth-order valence-corrected chi connectivity index (χ4v) is 5.22. The molecule has 3 aromatic rings. The number of pyridine rings is 1. The van der Waals surface area contributed by atoms with Crippen molar-refractivity contribution < 1.29 is 19.5 Å². The smallest absolute Gasteiger partial charge is 0.330 e. The minimum Gasteiger partial charge on any atom is -0.479 e. The van der Waals surface area contributed by atoms with Crippen LogP contribution in [0.25, 0.3) is 0 Å². The van der Waals surface area contributed by atoms with E-state index in [-0.39, 0.29) is 17.3 Å². The maximum Gasteiger partial charge on any atom is 0.330 e. The predicted octanol–water partition coefficient (Wildman–Crippen LogP) is 5.69. The maximum absolute atomic E-state index is 13.3. The van der Waals surface area contributed by atoms with Gasteiger partial charge in [0.25, 0.3) is 5.91 Å². The number of carbonyl (C=O) groups excluding carboxylic acids is 2. The fourth-order valence-electron chi connectivity index (χ4n) is 5.22. The van der Waals surface area contributed by atoms with Gasteiger partial charge in [-0.2, -0.15) is 0 Å². The van der Waals surface area contributed by atoms with Crippen molar-refractivity contribution in [3.63, 3.8) is 0 Å². The summed E-state index contributed by atoms with van der Waals surface area (Å²) in [5.74, 6) is -0.929. The van der Waals surface area contributed by atoms with Crippen LogP contribution in [-0.4, -0.2) is 46.6 Å². The summed E-state index contributed by atoms with van der Waals surface area (Å²) in [5.41, 5.74) is 1.38. The van der Waals surface area contributed by atoms with E-state index in [0.29, 0.717) is 30.9 Å². The molecule has 10 nitrogen and oxygen atoms in total. The van der Waals surface area contributed by atoms with Crippen molar-refractivity contribution in [3.05, 3.63) is 72.4 Å². The molecule has 2 heterocycles. The van der Waals surface area contributed by atoms with E-state index >= 15 is 0 Å². The first-order valence-corrected chi connectivity index (χ1v) is 13.3. The molecular weight excluding hydrogens is 508 g/mol. The lowest BCUT2D eigenvalue weighted by atomic mass is 9.71. The van der Waals surface area contributed by atoms with Crippen LogP contribution < -0.4 is 26.2 Å². The van der Waals surface area contributed by atoms with E-state index in [4.69, 9.17) is 0 Å². The van der Waals surface area contributed by atoms with Gasteiger partial charge in [-0.3, -0.25) is 10.1 Å². The summed E-state index contributed by atoms with van der Waals surface area (Å²) in [5, 5.41) is 21.7. The zero-order chi connectivity index (χ0) is 28.9. The number of aromatic nitrogens is 1. The number of urea groups is 1. The van der Waals surface area contributed by atoms with Gasteiger partial charge >= 0.3 is 12.0 Å². The highest BCUT2D eigenvalue weighted by atomic mass is 16.4. The standard InChI is InChI=1S/C30H36N6O4/c1-5-31-28(40)35-25-18-24(33-20-10-7-6-8-11-20)23(19-32-25)26(37)34-21-12-14-22(15-13-21)36-17-9-16-30(36,27(38)39)29(2,3)4/h6-8,10-15,18-19H,5,9,16-17H2,1-4H3,(H,34,37)(H,38,39)(H3,31,32,33,35,40)/t30-/m0/s1. The highest BCUT2D eigenvalue weighted by molar-refractivity contribution is 6.08. The summed E-state index contributed by atoms with van der Waals surface area (Å²) in [6.07, 6.45) is 2.77. The van der Waals surface area contributed by atoms with Gasteiger partial charge in [0, 0.05) is 42.4 Å². The summed E-state index contributed by atoms with van der Waals surface area (Å²) in [6, 6.07) is 17.8. The minimum absolute atomic E-state index is 0.284. The monoisotopic (exact) mass is 544 g/mol. The Morgan fingerprint density at radius 1 is 1.00 bits per heavy atom. The molecule has 1 aliphatic rings. The highest BCUT2D eigenvalue weighted by Gasteiger charge is 2.55. The van der Waals surface area contributed by atoms with Crippen molar-refractivity contribution in [2.24, 2.45) is 5.41 Å². The van der Waals surface area contributed by atoms with Crippen LogP contribution in [0.2, 0.25) is 0 Å². The second-order valence-electron chi connectivity index (χ2n) is 10.8. The van der Waals surface area contributed by atoms with Crippen LogP contribution in [-0.2, 0) is 4.79 Å². The Kier molecular flexibility index (Phi) is 8.27. The van der Waals surface area contributed by atoms with Crippen molar-refractivity contribution in [1.82, 2.24) is 10.3 Å². The molecule has 5 N–H and O–H groups in total. The molecule has 0 radical (unpaired) electrons. The SMILES string of the molecule is CCNC(=O)Nc1cc(Nc2ccccc2)c(C(=O)Nc2ccc(N3CCC[C@]3(C(=O)O)C(C)(C)C)cc2)cn1. The number of benzene rings is 2. The van der Waals surface area contributed by atoms with Crippen molar-refractivity contribution in [1.29, 1.82) is 0 Å². The topological polar surface area (TPSA) is 136 Å². The van der Waals surface area contributed by atoms with E-state index in [0.717, 1.165) is 17.8 Å². The quantitative estimate of drug-likeness (QED) is 0.246. The molecule has 40 heavy (non-hydrogen) atoms. The number of carboxylic acid groups (broad SMARTS) is 1. The number of para-hydroxylation sites is 1. The molecule has 1 aliphatic heterocycles. The van der Waals surface area contributed by atoms with Gasteiger partial charge < -0.3 is 26.0 Å². The maximum atomic E-state index is 13.3. The van der Waals surface area contributed by atoms with E-state index in [1.54, 1.807) is 18.2 Å². The van der Waals surface area contributed by atoms with Crippen LogP contribution >= 0.6 is 0 Å². The zero-order valence-corrected chi connectivity index (χ0v) is 23.2. The third-order valence-corrected chi connectivity index (χ3v) is 7.19. The first kappa shape index (κ1) is 28.4. The van der Waals surface area contributed by atoms with Gasteiger partial charge in [-0.05, 0) is 61.6 Å². The molecule has 10 heteroatoms. The van der Waals surface area contributed by atoms with Crippen LogP contribution in [0.3, 0.4) is 0 Å². The largest absolute Gasteiger partial charge is 0.479 e. The molecular formula is C30H36N6O4. The minimum atomic E-state index is -1.01. The lowest BCUT2D eigenvalue weighted by Crippen LogP contribution is -2.59. The van der Waals surface area contributed by atoms with Crippen molar-refractivity contribution >= 4 is 46.5 Å². The van der Waals surface area contributed by atoms with Crippen LogP contribution in [0.5, 0.6) is 0 Å². The molecule has 4 rings (SSSR count). The number of carbonyl (C=O) groups is 3. The van der Waals surface area contributed by atoms with Gasteiger partial charge in [0.2, 0.25) is 0 Å². The van der Waals surface area contributed by atoms with Crippen LogP contribution in [0, 0.1) is 5.41 Å². The summed E-state index contributed by atoms with van der Waals surface area (Å²) in [7, 11) is 0. The molecule has 0 saturated carbocycles. The third kappa shape index (κ3) is 5.85. The third-order valence-electron chi connectivity index (χ3n) is 7.19. The van der Waals surface area contributed by atoms with Gasteiger partial charge in [-0.15, -0.1) is 0 Å². The Labute approximate surface area is 234 Å². The Bertz CT molecular complexity index is 1370. The number of amides is 3. The molecule has 1 aromatic heterocycles. The van der Waals surface area contributed by atoms with Crippen LogP contribution in [0.4, 0.5) is 33.4 Å². The summed E-state index contributed by atoms with van der Waals surface area (Å²) >= 11 is 0. The first-order chi connectivity index (χ1) is 19.0. The van der Waals surface area contributed by atoms with Gasteiger partial charge in [-0.1, -0.05) is 39.0 Å². The van der Waals surface area contributed by atoms with Gasteiger partial charge in [0.15, 0.2) is 0 Å². The Morgan fingerprint density at radius 3 is 2.33 bits per heavy atom. The molecule has 1 fully saturated rings. The Hall–Kier alpha value is -4.60.